The summed E-state index contributed by atoms with van der Waals surface area (Å²) >= 11 is 1.61. The summed E-state index contributed by atoms with van der Waals surface area (Å²) in [6, 6.07) is 6.26. The third kappa shape index (κ3) is 1.80. The normalized spacial score (nSPS) is 10.7. The Kier molecular flexibility index (Phi) is 2.92. The van der Waals surface area contributed by atoms with Crippen LogP contribution in [0.25, 0.3) is 5.69 Å². The summed E-state index contributed by atoms with van der Waals surface area (Å²) in [5.41, 5.74) is 9.51. The van der Waals surface area contributed by atoms with Gasteiger partial charge in [0.05, 0.1) is 16.8 Å². The van der Waals surface area contributed by atoms with E-state index in [1.807, 2.05) is 6.26 Å². The maximum Gasteiger partial charge on any atom is 0.140 e. The van der Waals surface area contributed by atoms with Gasteiger partial charge in [0.25, 0.3) is 0 Å². The Balaban J connectivity index is 2.54. The fourth-order valence-electron chi connectivity index (χ4n) is 1.74. The minimum absolute atomic E-state index is 0.708. The Bertz CT molecular complexity index is 517. The molecule has 4 heteroatoms. The second-order valence-corrected chi connectivity index (χ2v) is 4.65. The lowest BCUT2D eigenvalue weighted by atomic mass is 10.1. The molecule has 0 aliphatic carbocycles. The standard InChI is InChI=1S/C12H15N3S/c1-8-4-5-10(9(2)6-8)15-12(13)11(16-3)7-14-15/h4-7H,13H2,1-3H3. The zero-order valence-electron chi connectivity index (χ0n) is 9.69. The van der Waals surface area contributed by atoms with Crippen molar-refractivity contribution in [1.29, 1.82) is 0 Å². The van der Waals surface area contributed by atoms with E-state index < -0.39 is 0 Å². The summed E-state index contributed by atoms with van der Waals surface area (Å²) in [5, 5.41) is 4.32. The highest BCUT2D eigenvalue weighted by molar-refractivity contribution is 7.98. The van der Waals surface area contributed by atoms with Crippen molar-refractivity contribution in [1.82, 2.24) is 9.78 Å². The van der Waals surface area contributed by atoms with Crippen LogP contribution in [-0.4, -0.2) is 16.0 Å². The molecular weight excluding hydrogens is 218 g/mol. The van der Waals surface area contributed by atoms with Crippen LogP contribution in [0.15, 0.2) is 29.3 Å². The molecule has 16 heavy (non-hydrogen) atoms. The number of hydrogen-bond acceptors (Lipinski definition) is 3. The monoisotopic (exact) mass is 233 g/mol. The molecule has 1 heterocycles. The first-order valence-electron chi connectivity index (χ1n) is 5.08. The van der Waals surface area contributed by atoms with Gasteiger partial charge in [-0.2, -0.15) is 5.10 Å². The number of benzene rings is 1. The van der Waals surface area contributed by atoms with Crippen molar-refractivity contribution >= 4 is 17.6 Å². The van der Waals surface area contributed by atoms with Crippen LogP contribution in [0.2, 0.25) is 0 Å². The Morgan fingerprint density at radius 1 is 1.31 bits per heavy atom. The Labute approximate surface area is 99.7 Å². The van der Waals surface area contributed by atoms with Crippen molar-refractivity contribution in [3.63, 3.8) is 0 Å². The minimum atomic E-state index is 0.708. The second-order valence-electron chi connectivity index (χ2n) is 3.80. The molecule has 1 aromatic carbocycles. The van der Waals surface area contributed by atoms with Crippen molar-refractivity contribution in [3.8, 4) is 5.69 Å². The third-order valence-corrected chi connectivity index (χ3v) is 3.33. The number of nitrogen functional groups attached to an aromatic ring is 1. The highest BCUT2D eigenvalue weighted by Crippen LogP contribution is 2.26. The van der Waals surface area contributed by atoms with E-state index in [1.165, 1.54) is 11.1 Å². The molecule has 0 saturated heterocycles. The summed E-state index contributed by atoms with van der Waals surface area (Å²) in [5.74, 6) is 0.708. The van der Waals surface area contributed by atoms with E-state index in [4.69, 9.17) is 5.73 Å². The average Bonchev–Trinajstić information content (AvgIpc) is 2.60. The highest BCUT2D eigenvalue weighted by Gasteiger charge is 2.09. The molecule has 2 N–H and O–H groups in total. The molecule has 0 saturated carbocycles. The van der Waals surface area contributed by atoms with Gasteiger partial charge in [0, 0.05) is 0 Å². The molecule has 0 aliphatic heterocycles. The van der Waals surface area contributed by atoms with E-state index in [-0.39, 0.29) is 0 Å². The maximum atomic E-state index is 6.03. The molecule has 0 spiro atoms. The molecular formula is C12H15N3S. The summed E-state index contributed by atoms with van der Waals surface area (Å²) in [6.07, 6.45) is 3.80. The van der Waals surface area contributed by atoms with E-state index in [0.29, 0.717) is 5.82 Å². The zero-order valence-corrected chi connectivity index (χ0v) is 10.5. The summed E-state index contributed by atoms with van der Waals surface area (Å²) in [6.45, 7) is 4.15. The lowest BCUT2D eigenvalue weighted by Gasteiger charge is -2.08. The summed E-state index contributed by atoms with van der Waals surface area (Å²) in [7, 11) is 0. The summed E-state index contributed by atoms with van der Waals surface area (Å²) < 4.78 is 1.79. The van der Waals surface area contributed by atoms with Gasteiger partial charge in [-0.15, -0.1) is 11.8 Å². The van der Waals surface area contributed by atoms with Crippen molar-refractivity contribution in [2.24, 2.45) is 0 Å². The van der Waals surface area contributed by atoms with Crippen LogP contribution in [0.3, 0.4) is 0 Å². The van der Waals surface area contributed by atoms with Gasteiger partial charge in [-0.25, -0.2) is 4.68 Å². The second kappa shape index (κ2) is 4.22. The largest absolute Gasteiger partial charge is 0.383 e. The van der Waals surface area contributed by atoms with Gasteiger partial charge in [-0.3, -0.25) is 0 Å². The lowest BCUT2D eigenvalue weighted by Crippen LogP contribution is -2.04. The molecule has 0 radical (unpaired) electrons. The van der Waals surface area contributed by atoms with Crippen molar-refractivity contribution in [3.05, 3.63) is 35.5 Å². The number of hydrogen-bond donors (Lipinski definition) is 1. The predicted molar refractivity (Wildman–Crippen MR) is 69.2 cm³/mol. The van der Waals surface area contributed by atoms with Crippen molar-refractivity contribution in [2.75, 3.05) is 12.0 Å². The Morgan fingerprint density at radius 2 is 2.06 bits per heavy atom. The number of nitrogens with zero attached hydrogens (tertiary/aromatic N) is 2. The van der Waals surface area contributed by atoms with Crippen LogP contribution >= 0.6 is 11.8 Å². The van der Waals surface area contributed by atoms with Crippen LogP contribution in [-0.2, 0) is 0 Å². The first kappa shape index (κ1) is 11.1. The quantitative estimate of drug-likeness (QED) is 0.811. The smallest absolute Gasteiger partial charge is 0.140 e. The number of aryl methyl sites for hydroxylation is 2. The number of nitrogens with two attached hydrogens (primary N) is 1. The van der Waals surface area contributed by atoms with E-state index in [2.05, 4.69) is 37.1 Å². The molecule has 2 aromatic rings. The Morgan fingerprint density at radius 3 is 2.62 bits per heavy atom. The highest BCUT2D eigenvalue weighted by atomic mass is 32.2. The van der Waals surface area contributed by atoms with E-state index in [1.54, 1.807) is 22.6 Å². The molecule has 0 unspecified atom stereocenters. The summed E-state index contributed by atoms with van der Waals surface area (Å²) in [4.78, 5) is 1.01. The first-order chi connectivity index (χ1) is 7.63. The molecule has 0 aliphatic rings. The van der Waals surface area contributed by atoms with E-state index in [9.17, 15) is 0 Å². The van der Waals surface area contributed by atoms with Gasteiger partial charge in [-0.05, 0) is 31.7 Å². The van der Waals surface area contributed by atoms with Crippen LogP contribution in [0.4, 0.5) is 5.82 Å². The van der Waals surface area contributed by atoms with Gasteiger partial charge in [0.15, 0.2) is 0 Å². The molecule has 0 bridgehead atoms. The molecule has 1 aromatic heterocycles. The van der Waals surface area contributed by atoms with Crippen LogP contribution in [0, 0.1) is 13.8 Å². The Hall–Kier alpha value is -1.42. The molecule has 0 atom stereocenters. The molecule has 3 nitrogen and oxygen atoms in total. The topological polar surface area (TPSA) is 43.8 Å². The molecule has 0 amide bonds. The first-order valence-corrected chi connectivity index (χ1v) is 6.31. The van der Waals surface area contributed by atoms with Crippen LogP contribution in [0.5, 0.6) is 0 Å². The fraction of sp³-hybridized carbons (Fsp3) is 0.250. The zero-order chi connectivity index (χ0) is 11.7. The lowest BCUT2D eigenvalue weighted by molar-refractivity contribution is 0.882. The van der Waals surface area contributed by atoms with E-state index in [0.717, 1.165) is 10.6 Å². The molecule has 84 valence electrons. The minimum Gasteiger partial charge on any atom is -0.383 e. The number of rotatable bonds is 2. The van der Waals surface area contributed by atoms with Crippen molar-refractivity contribution < 1.29 is 0 Å². The number of anilines is 1. The van der Waals surface area contributed by atoms with Gasteiger partial charge in [-0.1, -0.05) is 17.7 Å². The predicted octanol–water partition coefficient (Wildman–Crippen LogP) is 2.79. The fourth-order valence-corrected chi connectivity index (χ4v) is 2.18. The average molecular weight is 233 g/mol. The SMILES string of the molecule is CSc1cnn(-c2ccc(C)cc2C)c1N. The molecule has 2 rings (SSSR count). The van der Waals surface area contributed by atoms with Crippen LogP contribution < -0.4 is 5.73 Å². The maximum absolute atomic E-state index is 6.03. The number of aromatic nitrogens is 2. The van der Waals surface area contributed by atoms with Crippen molar-refractivity contribution in [2.45, 2.75) is 18.7 Å². The third-order valence-electron chi connectivity index (χ3n) is 2.57. The van der Waals surface area contributed by atoms with Gasteiger partial charge < -0.3 is 5.73 Å². The van der Waals surface area contributed by atoms with Crippen LogP contribution in [0.1, 0.15) is 11.1 Å². The molecule has 0 fully saturated rings. The number of thioether (sulfide) groups is 1. The van der Waals surface area contributed by atoms with Gasteiger partial charge in [0.2, 0.25) is 0 Å². The van der Waals surface area contributed by atoms with E-state index >= 15 is 0 Å². The van der Waals surface area contributed by atoms with Gasteiger partial charge in [0.1, 0.15) is 5.82 Å². The van der Waals surface area contributed by atoms with Gasteiger partial charge >= 0.3 is 0 Å².